The summed E-state index contributed by atoms with van der Waals surface area (Å²) in [6, 6.07) is 9.50. The minimum Gasteiger partial charge on any atom is -0.372 e. The molecule has 0 atom stereocenters. The summed E-state index contributed by atoms with van der Waals surface area (Å²) in [5, 5.41) is 5.76. The number of carbonyl (C=O) groups is 2. The van der Waals surface area contributed by atoms with Crippen LogP contribution in [0.2, 0.25) is 0 Å². The first-order chi connectivity index (χ1) is 14.2. The molecule has 6 heteroatoms. The highest BCUT2D eigenvalue weighted by atomic mass is 16.2. The summed E-state index contributed by atoms with van der Waals surface area (Å²) in [6.07, 6.45) is 9.86. The van der Waals surface area contributed by atoms with Gasteiger partial charge in [-0.1, -0.05) is 19.8 Å². The third-order valence-electron chi connectivity index (χ3n) is 5.17. The molecule has 1 aromatic heterocycles. The maximum absolute atomic E-state index is 12.6. The van der Waals surface area contributed by atoms with Gasteiger partial charge in [0.15, 0.2) is 0 Å². The number of hydrogen-bond acceptors (Lipinski definition) is 4. The van der Waals surface area contributed by atoms with Gasteiger partial charge in [0.05, 0.1) is 11.1 Å². The van der Waals surface area contributed by atoms with E-state index in [2.05, 4.69) is 27.4 Å². The Balaban J connectivity index is 1.58. The third kappa shape index (κ3) is 6.04. The lowest BCUT2D eigenvalue weighted by molar-refractivity contribution is 0.0952. The van der Waals surface area contributed by atoms with E-state index in [1.165, 1.54) is 37.3 Å². The Kier molecular flexibility index (Phi) is 7.61. The van der Waals surface area contributed by atoms with Crippen LogP contribution < -0.4 is 15.5 Å². The summed E-state index contributed by atoms with van der Waals surface area (Å²) in [6.45, 7) is 4.93. The highest BCUT2D eigenvalue weighted by Crippen LogP contribution is 2.22. The van der Waals surface area contributed by atoms with Crippen molar-refractivity contribution in [2.45, 2.75) is 45.4 Å². The monoisotopic (exact) mass is 394 g/mol. The number of aromatic nitrogens is 1. The third-order valence-corrected chi connectivity index (χ3v) is 5.17. The largest absolute Gasteiger partial charge is 0.372 e. The van der Waals surface area contributed by atoms with E-state index in [9.17, 15) is 9.59 Å². The highest BCUT2D eigenvalue weighted by molar-refractivity contribution is 6.05. The van der Waals surface area contributed by atoms with Gasteiger partial charge in [0.1, 0.15) is 0 Å². The summed E-state index contributed by atoms with van der Waals surface area (Å²) >= 11 is 0. The fraction of sp³-hybridized carbons (Fsp3) is 0.435. The first-order valence-corrected chi connectivity index (χ1v) is 10.6. The van der Waals surface area contributed by atoms with Crippen LogP contribution in [0.5, 0.6) is 0 Å². The van der Waals surface area contributed by atoms with Gasteiger partial charge in [0.25, 0.3) is 11.8 Å². The van der Waals surface area contributed by atoms with Crippen LogP contribution in [-0.4, -0.2) is 36.4 Å². The number of hydrogen-bond donors (Lipinski definition) is 2. The van der Waals surface area contributed by atoms with Crippen LogP contribution in [0.1, 0.15) is 66.2 Å². The van der Waals surface area contributed by atoms with Crippen molar-refractivity contribution in [1.29, 1.82) is 0 Å². The van der Waals surface area contributed by atoms with Crippen molar-refractivity contribution in [3.05, 3.63) is 53.9 Å². The van der Waals surface area contributed by atoms with Gasteiger partial charge in [-0.3, -0.25) is 14.6 Å². The number of unbranched alkanes of at least 4 members (excludes halogenated alkanes) is 2. The Hall–Kier alpha value is -2.89. The molecule has 3 rings (SSSR count). The Morgan fingerprint density at radius 3 is 2.34 bits per heavy atom. The van der Waals surface area contributed by atoms with Crippen molar-refractivity contribution >= 4 is 23.2 Å². The molecule has 0 unspecified atom stereocenters. The van der Waals surface area contributed by atoms with Crippen molar-refractivity contribution in [2.75, 3.05) is 29.9 Å². The molecule has 0 saturated carbocycles. The molecule has 1 aliphatic heterocycles. The number of rotatable bonds is 8. The zero-order valence-corrected chi connectivity index (χ0v) is 17.1. The maximum atomic E-state index is 12.6. The van der Waals surface area contributed by atoms with E-state index in [0.29, 0.717) is 17.7 Å². The van der Waals surface area contributed by atoms with E-state index in [1.54, 1.807) is 6.07 Å². The molecule has 0 bridgehead atoms. The van der Waals surface area contributed by atoms with Crippen LogP contribution in [-0.2, 0) is 0 Å². The lowest BCUT2D eigenvalue weighted by Crippen LogP contribution is -2.29. The smallest absolute Gasteiger partial charge is 0.257 e. The van der Waals surface area contributed by atoms with Crippen molar-refractivity contribution in [3.8, 4) is 0 Å². The molecule has 2 heterocycles. The predicted octanol–water partition coefficient (Wildman–Crippen LogP) is 4.24. The normalized spacial score (nSPS) is 13.8. The molecule has 6 nitrogen and oxygen atoms in total. The minimum absolute atomic E-state index is 0.200. The van der Waals surface area contributed by atoms with Gasteiger partial charge in [-0.15, -0.1) is 0 Å². The van der Waals surface area contributed by atoms with E-state index >= 15 is 0 Å². The number of pyridine rings is 1. The van der Waals surface area contributed by atoms with Crippen LogP contribution in [0, 0.1) is 0 Å². The van der Waals surface area contributed by atoms with Gasteiger partial charge in [-0.25, -0.2) is 0 Å². The van der Waals surface area contributed by atoms with Gasteiger partial charge in [-0.05, 0) is 56.0 Å². The number of piperidine rings is 1. The molecule has 0 radical (unpaired) electrons. The molecule has 154 valence electrons. The molecule has 1 saturated heterocycles. The van der Waals surface area contributed by atoms with Crippen molar-refractivity contribution in [2.24, 2.45) is 0 Å². The first-order valence-electron chi connectivity index (χ1n) is 10.6. The molecule has 1 fully saturated rings. The van der Waals surface area contributed by atoms with Crippen molar-refractivity contribution < 1.29 is 9.59 Å². The first kappa shape index (κ1) is 20.8. The van der Waals surface area contributed by atoms with Crippen LogP contribution in [0.4, 0.5) is 11.4 Å². The van der Waals surface area contributed by atoms with Crippen molar-refractivity contribution in [1.82, 2.24) is 10.3 Å². The van der Waals surface area contributed by atoms with Gasteiger partial charge in [0.2, 0.25) is 0 Å². The van der Waals surface area contributed by atoms with Crippen LogP contribution in [0.25, 0.3) is 0 Å². The lowest BCUT2D eigenvalue weighted by Gasteiger charge is -2.28. The molecular formula is C23H30N4O2. The average Bonchev–Trinajstić information content (AvgIpc) is 2.78. The zero-order chi connectivity index (χ0) is 20.5. The van der Waals surface area contributed by atoms with Crippen LogP contribution >= 0.6 is 0 Å². The fourth-order valence-corrected chi connectivity index (χ4v) is 3.48. The van der Waals surface area contributed by atoms with Crippen LogP contribution in [0.15, 0.2) is 42.7 Å². The second-order valence-electron chi connectivity index (χ2n) is 7.47. The summed E-state index contributed by atoms with van der Waals surface area (Å²) < 4.78 is 0. The fourth-order valence-electron chi connectivity index (χ4n) is 3.48. The van der Waals surface area contributed by atoms with Crippen molar-refractivity contribution in [3.63, 3.8) is 0 Å². The zero-order valence-electron chi connectivity index (χ0n) is 17.1. The topological polar surface area (TPSA) is 74.3 Å². The summed E-state index contributed by atoms with van der Waals surface area (Å²) in [5.41, 5.74) is 2.68. The number of benzene rings is 1. The quantitative estimate of drug-likeness (QED) is 0.657. The molecule has 2 N–H and O–H groups in total. The molecule has 0 spiro atoms. The second-order valence-corrected chi connectivity index (χ2v) is 7.47. The number of nitrogens with one attached hydrogen (secondary N) is 2. The molecule has 2 aromatic rings. The maximum Gasteiger partial charge on any atom is 0.257 e. The Morgan fingerprint density at radius 2 is 1.66 bits per heavy atom. The Bertz CT molecular complexity index is 814. The predicted molar refractivity (Wildman–Crippen MR) is 117 cm³/mol. The standard InChI is InChI=1S/C23H30N4O2/c1-2-3-5-12-25-22(28)18-15-19(17-24-16-18)23(29)26-20-8-10-21(11-9-20)27-13-6-4-7-14-27/h8-11,15-17H,2-7,12-14H2,1H3,(H,25,28)(H,26,29). The summed E-state index contributed by atoms with van der Waals surface area (Å²) in [7, 11) is 0. The van der Waals surface area contributed by atoms with E-state index in [4.69, 9.17) is 0 Å². The lowest BCUT2D eigenvalue weighted by atomic mass is 10.1. The van der Waals surface area contributed by atoms with Crippen LogP contribution in [0.3, 0.4) is 0 Å². The average molecular weight is 395 g/mol. The molecule has 29 heavy (non-hydrogen) atoms. The second kappa shape index (κ2) is 10.6. The van der Waals surface area contributed by atoms with Gasteiger partial charge in [-0.2, -0.15) is 0 Å². The summed E-state index contributed by atoms with van der Waals surface area (Å²) in [4.78, 5) is 31.3. The molecule has 0 aliphatic carbocycles. The van der Waals surface area contributed by atoms with E-state index in [0.717, 1.165) is 38.0 Å². The highest BCUT2D eigenvalue weighted by Gasteiger charge is 2.13. The summed E-state index contributed by atoms with van der Waals surface area (Å²) in [5.74, 6) is -0.474. The van der Waals surface area contributed by atoms with E-state index < -0.39 is 0 Å². The Labute approximate surface area is 172 Å². The number of nitrogens with zero attached hydrogens (tertiary/aromatic N) is 2. The van der Waals surface area contributed by atoms with E-state index in [1.807, 2.05) is 24.3 Å². The number of anilines is 2. The van der Waals surface area contributed by atoms with Gasteiger partial charge < -0.3 is 15.5 Å². The molecular weight excluding hydrogens is 364 g/mol. The minimum atomic E-state index is -0.274. The number of amides is 2. The molecule has 2 amide bonds. The van der Waals surface area contributed by atoms with Gasteiger partial charge in [0, 0.05) is 43.4 Å². The molecule has 1 aliphatic rings. The van der Waals surface area contributed by atoms with E-state index in [-0.39, 0.29) is 11.8 Å². The number of carbonyl (C=O) groups excluding carboxylic acids is 2. The van der Waals surface area contributed by atoms with Gasteiger partial charge >= 0.3 is 0 Å². The SMILES string of the molecule is CCCCCNC(=O)c1cncc(C(=O)Nc2ccc(N3CCCCC3)cc2)c1. The Morgan fingerprint density at radius 1 is 0.966 bits per heavy atom. The molecule has 1 aromatic carbocycles.